The predicted octanol–water partition coefficient (Wildman–Crippen LogP) is 4.35. The van der Waals surface area contributed by atoms with Crippen LogP contribution in [-0.2, 0) is 4.53 Å². The minimum Gasteiger partial charge on any atom is -0.490 e. The van der Waals surface area contributed by atoms with Gasteiger partial charge in [0.15, 0.2) is 5.75 Å². The number of oxime groups is 1. The van der Waals surface area contributed by atoms with E-state index in [1.165, 1.54) is 13.2 Å². The summed E-state index contributed by atoms with van der Waals surface area (Å²) in [6, 6.07) is 4.76. The third-order valence-corrected chi connectivity index (χ3v) is 8.17. The average molecular weight is 324 g/mol. The Kier molecular flexibility index (Phi) is 5.34. The van der Waals surface area contributed by atoms with E-state index in [-0.39, 0.29) is 16.5 Å². The van der Waals surface area contributed by atoms with Crippen molar-refractivity contribution in [3.8, 4) is 5.75 Å². The number of nitro groups is 1. The third kappa shape index (κ3) is 4.06. The van der Waals surface area contributed by atoms with Gasteiger partial charge in [0.25, 0.3) is 8.32 Å². The lowest BCUT2D eigenvalue weighted by molar-refractivity contribution is -0.385. The predicted molar refractivity (Wildman–Crippen MR) is 90.1 cm³/mol. The maximum absolute atomic E-state index is 11.1. The average Bonchev–Trinajstić information content (AvgIpc) is 2.42. The minimum atomic E-state index is -2.00. The normalized spacial score (nSPS) is 13.0. The molecule has 0 unspecified atom stereocenters. The molecule has 1 aromatic carbocycles. The van der Waals surface area contributed by atoms with Crippen LogP contribution < -0.4 is 4.74 Å². The number of ether oxygens (including phenoxy) is 1. The Morgan fingerprint density at radius 1 is 1.32 bits per heavy atom. The highest BCUT2D eigenvalue weighted by atomic mass is 28.4. The van der Waals surface area contributed by atoms with Gasteiger partial charge in [-0.05, 0) is 37.2 Å². The van der Waals surface area contributed by atoms with Crippen molar-refractivity contribution in [1.82, 2.24) is 0 Å². The molecule has 0 atom stereocenters. The summed E-state index contributed by atoms with van der Waals surface area (Å²) >= 11 is 0. The summed E-state index contributed by atoms with van der Waals surface area (Å²) in [6.45, 7) is 12.4. The molecule has 0 aromatic heterocycles. The fourth-order valence-electron chi connectivity index (χ4n) is 1.43. The van der Waals surface area contributed by atoms with Crippen molar-refractivity contribution in [2.45, 2.75) is 45.8 Å². The maximum Gasteiger partial charge on any atom is 0.311 e. The molecule has 0 heterocycles. The van der Waals surface area contributed by atoms with Gasteiger partial charge in [-0.2, -0.15) is 0 Å². The molecule has 7 heteroatoms. The number of benzene rings is 1. The van der Waals surface area contributed by atoms with Gasteiger partial charge in [-0.1, -0.05) is 20.8 Å². The van der Waals surface area contributed by atoms with E-state index in [1.54, 1.807) is 19.1 Å². The molecule has 0 spiro atoms. The van der Waals surface area contributed by atoms with E-state index in [0.717, 1.165) is 0 Å². The van der Waals surface area contributed by atoms with Crippen LogP contribution in [0.5, 0.6) is 5.75 Å². The zero-order valence-electron chi connectivity index (χ0n) is 14.3. The summed E-state index contributed by atoms with van der Waals surface area (Å²) in [5, 5.41) is 15.3. The van der Waals surface area contributed by atoms with Crippen molar-refractivity contribution in [3.63, 3.8) is 0 Å². The molecule has 0 N–H and O–H groups in total. The van der Waals surface area contributed by atoms with E-state index in [1.807, 2.05) is 0 Å². The van der Waals surface area contributed by atoms with Crippen molar-refractivity contribution < 1.29 is 14.2 Å². The molecular formula is C15H24N2O4Si. The molecule has 6 nitrogen and oxygen atoms in total. The first-order valence-electron chi connectivity index (χ1n) is 7.05. The van der Waals surface area contributed by atoms with Gasteiger partial charge in [0, 0.05) is 11.6 Å². The second-order valence-electron chi connectivity index (χ2n) is 6.67. The molecule has 0 saturated heterocycles. The number of rotatable bonds is 5. The first kappa shape index (κ1) is 18.2. The summed E-state index contributed by atoms with van der Waals surface area (Å²) in [6.07, 6.45) is 0. The molecule has 0 radical (unpaired) electrons. The Labute approximate surface area is 132 Å². The van der Waals surface area contributed by atoms with Gasteiger partial charge in [-0.25, -0.2) is 0 Å². The summed E-state index contributed by atoms with van der Waals surface area (Å²) in [4.78, 5) is 10.6. The van der Waals surface area contributed by atoms with Gasteiger partial charge in [0.05, 0.1) is 17.7 Å². The number of methoxy groups -OCH3 is 1. The van der Waals surface area contributed by atoms with Crippen LogP contribution in [0, 0.1) is 10.1 Å². The van der Waals surface area contributed by atoms with Gasteiger partial charge in [-0.15, -0.1) is 5.16 Å². The standard InChI is InChI=1S/C15H24N2O4Si/c1-11(16-21-22(6,7)15(2,3)4)12-8-9-14(20-5)13(10-12)17(18)19/h8-10H,1-7H3/b16-11-. The van der Waals surface area contributed by atoms with E-state index >= 15 is 0 Å². The molecule has 1 rings (SSSR count). The molecule has 1 aromatic rings. The molecule has 0 aliphatic heterocycles. The fourth-order valence-corrected chi connectivity index (χ4v) is 2.07. The molecule has 22 heavy (non-hydrogen) atoms. The zero-order valence-corrected chi connectivity index (χ0v) is 15.3. The van der Waals surface area contributed by atoms with Gasteiger partial charge >= 0.3 is 5.69 Å². The number of nitrogens with zero attached hydrogens (tertiary/aromatic N) is 2. The van der Waals surface area contributed by atoms with Crippen LogP contribution in [-0.4, -0.2) is 26.1 Å². The number of hydrogen-bond acceptors (Lipinski definition) is 5. The molecule has 122 valence electrons. The SMILES string of the molecule is COc1ccc(/C(C)=N\O[Si](C)(C)C(C)(C)C)cc1[N+](=O)[O-]. The van der Waals surface area contributed by atoms with Crippen molar-refractivity contribution in [2.75, 3.05) is 7.11 Å². The number of hydrogen-bond donors (Lipinski definition) is 0. The van der Waals surface area contributed by atoms with Gasteiger partial charge in [-0.3, -0.25) is 10.1 Å². The van der Waals surface area contributed by atoms with Crippen molar-refractivity contribution in [3.05, 3.63) is 33.9 Å². The van der Waals surface area contributed by atoms with Crippen LogP contribution in [0.25, 0.3) is 0 Å². The highest BCUT2D eigenvalue weighted by Crippen LogP contribution is 2.36. The Bertz CT molecular complexity index is 592. The maximum atomic E-state index is 11.1. The summed E-state index contributed by atoms with van der Waals surface area (Å²) in [5.41, 5.74) is 1.17. The Morgan fingerprint density at radius 2 is 1.91 bits per heavy atom. The van der Waals surface area contributed by atoms with E-state index < -0.39 is 13.2 Å². The van der Waals surface area contributed by atoms with Crippen LogP contribution in [0.15, 0.2) is 23.4 Å². The van der Waals surface area contributed by atoms with Crippen molar-refractivity contribution in [2.24, 2.45) is 5.16 Å². The van der Waals surface area contributed by atoms with Crippen LogP contribution in [0.2, 0.25) is 18.1 Å². The van der Waals surface area contributed by atoms with Crippen LogP contribution in [0.3, 0.4) is 0 Å². The van der Waals surface area contributed by atoms with Crippen LogP contribution in [0.4, 0.5) is 5.69 Å². The highest BCUT2D eigenvalue weighted by Gasteiger charge is 2.39. The van der Waals surface area contributed by atoms with Crippen LogP contribution >= 0.6 is 0 Å². The monoisotopic (exact) mass is 324 g/mol. The van der Waals surface area contributed by atoms with Crippen molar-refractivity contribution >= 4 is 19.7 Å². The fraction of sp³-hybridized carbons (Fsp3) is 0.533. The topological polar surface area (TPSA) is 74.0 Å². The molecular weight excluding hydrogens is 300 g/mol. The van der Waals surface area contributed by atoms with E-state index in [2.05, 4.69) is 39.0 Å². The molecule has 0 aliphatic carbocycles. The second-order valence-corrected chi connectivity index (χ2v) is 11.4. The molecule has 0 amide bonds. The minimum absolute atomic E-state index is 0.0443. The second kappa shape index (κ2) is 6.47. The quantitative estimate of drug-likeness (QED) is 0.349. The smallest absolute Gasteiger partial charge is 0.311 e. The summed E-state index contributed by atoms with van der Waals surface area (Å²) < 4.78 is 10.8. The Hall–Kier alpha value is -1.89. The van der Waals surface area contributed by atoms with Crippen LogP contribution in [0.1, 0.15) is 33.3 Å². The van der Waals surface area contributed by atoms with Gasteiger partial charge in [0.1, 0.15) is 0 Å². The summed E-state index contributed by atoms with van der Waals surface area (Å²) in [5.74, 6) is 0.229. The lowest BCUT2D eigenvalue weighted by atomic mass is 10.1. The lowest BCUT2D eigenvalue weighted by Crippen LogP contribution is -2.39. The molecule has 0 aliphatic rings. The van der Waals surface area contributed by atoms with E-state index in [4.69, 9.17) is 9.26 Å². The molecule has 0 bridgehead atoms. The Morgan fingerprint density at radius 3 is 2.36 bits per heavy atom. The largest absolute Gasteiger partial charge is 0.490 e. The zero-order chi connectivity index (χ0) is 17.1. The molecule has 0 fully saturated rings. The first-order chi connectivity index (χ1) is 9.99. The first-order valence-corrected chi connectivity index (χ1v) is 9.96. The van der Waals surface area contributed by atoms with E-state index in [0.29, 0.717) is 11.3 Å². The van der Waals surface area contributed by atoms with Crippen molar-refractivity contribution in [1.29, 1.82) is 0 Å². The lowest BCUT2D eigenvalue weighted by Gasteiger charge is -2.33. The Balaban J connectivity index is 3.08. The number of nitro benzene ring substituents is 1. The highest BCUT2D eigenvalue weighted by molar-refractivity contribution is 6.74. The van der Waals surface area contributed by atoms with Gasteiger partial charge < -0.3 is 9.26 Å². The molecule has 0 saturated carbocycles. The summed E-state index contributed by atoms with van der Waals surface area (Å²) in [7, 11) is -0.594. The third-order valence-electron chi connectivity index (χ3n) is 4.01. The van der Waals surface area contributed by atoms with Gasteiger partial charge in [0.2, 0.25) is 0 Å². The van der Waals surface area contributed by atoms with E-state index in [9.17, 15) is 10.1 Å².